The van der Waals surface area contributed by atoms with E-state index >= 15 is 0 Å². The highest BCUT2D eigenvalue weighted by Gasteiger charge is 2.39. The predicted octanol–water partition coefficient (Wildman–Crippen LogP) is 3.21. The highest BCUT2D eigenvalue weighted by Crippen LogP contribution is 2.41. The third-order valence-corrected chi connectivity index (χ3v) is 4.53. The minimum atomic E-state index is -0.161. The van der Waals surface area contributed by atoms with Crippen LogP contribution in [0.1, 0.15) is 50.2 Å². The van der Waals surface area contributed by atoms with Crippen molar-refractivity contribution < 1.29 is 4.79 Å². The van der Waals surface area contributed by atoms with Crippen LogP contribution in [0.5, 0.6) is 0 Å². The maximum atomic E-state index is 12.6. The van der Waals surface area contributed by atoms with Crippen molar-refractivity contribution in [2.24, 2.45) is 11.1 Å². The fourth-order valence-corrected chi connectivity index (χ4v) is 3.08. The number of nitrogens with two attached hydrogens (primary N) is 1. The summed E-state index contributed by atoms with van der Waals surface area (Å²) in [5, 5.41) is 3.09. The van der Waals surface area contributed by atoms with Crippen molar-refractivity contribution in [3.8, 4) is 11.8 Å². The van der Waals surface area contributed by atoms with E-state index in [1.54, 1.807) is 0 Å². The molecule has 0 spiro atoms. The molecule has 1 fully saturated rings. The Bertz CT molecular complexity index is 575. The lowest BCUT2D eigenvalue weighted by molar-refractivity contribution is -0.125. The first-order chi connectivity index (χ1) is 10.1. The molecule has 1 saturated carbocycles. The van der Waals surface area contributed by atoms with Crippen LogP contribution in [0.4, 0.5) is 5.69 Å². The van der Waals surface area contributed by atoms with Gasteiger partial charge < -0.3 is 11.1 Å². The van der Waals surface area contributed by atoms with E-state index in [1.807, 2.05) is 25.1 Å². The molecule has 1 aliphatic carbocycles. The summed E-state index contributed by atoms with van der Waals surface area (Å²) in [6, 6.07) is 5.85. The SMILES string of the molecule is CCC1(C(=O)Nc2ccc(C#CCN)c(C)c2)CCCC1. The summed E-state index contributed by atoms with van der Waals surface area (Å²) in [5.41, 5.74) is 8.11. The van der Waals surface area contributed by atoms with Crippen LogP contribution in [0.3, 0.4) is 0 Å². The van der Waals surface area contributed by atoms with E-state index in [4.69, 9.17) is 5.73 Å². The maximum Gasteiger partial charge on any atom is 0.230 e. The molecule has 0 radical (unpaired) electrons. The van der Waals surface area contributed by atoms with Gasteiger partial charge in [-0.05, 0) is 49.9 Å². The van der Waals surface area contributed by atoms with Crippen molar-refractivity contribution >= 4 is 11.6 Å². The number of carbonyl (C=O) groups excluding carboxylic acids is 1. The number of carbonyl (C=O) groups is 1. The van der Waals surface area contributed by atoms with E-state index in [0.29, 0.717) is 6.54 Å². The summed E-state index contributed by atoms with van der Waals surface area (Å²) in [6.07, 6.45) is 5.25. The Morgan fingerprint density at radius 3 is 2.67 bits per heavy atom. The molecule has 0 saturated heterocycles. The second-order valence-electron chi connectivity index (χ2n) is 5.83. The van der Waals surface area contributed by atoms with Gasteiger partial charge in [0.25, 0.3) is 0 Å². The van der Waals surface area contributed by atoms with Gasteiger partial charge in [0.15, 0.2) is 0 Å². The number of hydrogen-bond donors (Lipinski definition) is 2. The molecule has 0 atom stereocenters. The third-order valence-electron chi connectivity index (χ3n) is 4.53. The molecule has 1 aliphatic rings. The molecule has 1 aromatic rings. The second-order valence-corrected chi connectivity index (χ2v) is 5.83. The van der Waals surface area contributed by atoms with Crippen molar-refractivity contribution in [1.29, 1.82) is 0 Å². The summed E-state index contributed by atoms with van der Waals surface area (Å²) in [7, 11) is 0. The summed E-state index contributed by atoms with van der Waals surface area (Å²) in [4.78, 5) is 12.6. The lowest BCUT2D eigenvalue weighted by Gasteiger charge is -2.26. The number of nitrogens with one attached hydrogen (secondary N) is 1. The van der Waals surface area contributed by atoms with Crippen molar-refractivity contribution in [2.75, 3.05) is 11.9 Å². The summed E-state index contributed by atoms with van der Waals surface area (Å²) < 4.78 is 0. The van der Waals surface area contributed by atoms with Crippen LogP contribution in [-0.2, 0) is 4.79 Å². The molecule has 21 heavy (non-hydrogen) atoms. The molecule has 0 bridgehead atoms. The maximum absolute atomic E-state index is 12.6. The van der Waals surface area contributed by atoms with Crippen LogP contribution in [0, 0.1) is 24.2 Å². The van der Waals surface area contributed by atoms with Gasteiger partial charge in [-0.2, -0.15) is 0 Å². The van der Waals surface area contributed by atoms with Crippen LogP contribution in [0.2, 0.25) is 0 Å². The molecule has 0 heterocycles. The standard InChI is InChI=1S/C18H24N2O/c1-3-18(10-4-5-11-18)17(21)20-16-9-8-15(7-6-12-19)14(2)13-16/h8-9,13H,3-5,10-12,19H2,1-2H3,(H,20,21). The first-order valence-corrected chi connectivity index (χ1v) is 7.72. The van der Waals surface area contributed by atoms with Gasteiger partial charge in [0, 0.05) is 16.7 Å². The highest BCUT2D eigenvalue weighted by molar-refractivity contribution is 5.95. The first kappa shape index (κ1) is 15.6. The lowest BCUT2D eigenvalue weighted by Crippen LogP contribution is -2.33. The van der Waals surface area contributed by atoms with Gasteiger partial charge in [-0.3, -0.25) is 4.79 Å². The van der Waals surface area contributed by atoms with Gasteiger partial charge in [-0.15, -0.1) is 0 Å². The number of amides is 1. The first-order valence-electron chi connectivity index (χ1n) is 7.72. The van der Waals surface area contributed by atoms with E-state index in [9.17, 15) is 4.79 Å². The van der Waals surface area contributed by atoms with Gasteiger partial charge in [0.05, 0.1) is 6.54 Å². The quantitative estimate of drug-likeness (QED) is 0.837. The third kappa shape index (κ3) is 3.46. The fraction of sp³-hybridized carbons (Fsp3) is 0.500. The number of anilines is 1. The number of hydrogen-bond acceptors (Lipinski definition) is 2. The molecule has 3 heteroatoms. The topological polar surface area (TPSA) is 55.1 Å². The smallest absolute Gasteiger partial charge is 0.230 e. The average molecular weight is 284 g/mol. The number of benzene rings is 1. The Labute approximate surface area is 127 Å². The van der Waals surface area contributed by atoms with Crippen LogP contribution >= 0.6 is 0 Å². The Hall–Kier alpha value is -1.79. The minimum absolute atomic E-state index is 0.161. The van der Waals surface area contributed by atoms with Crippen molar-refractivity contribution in [3.63, 3.8) is 0 Å². The van der Waals surface area contributed by atoms with Gasteiger partial charge in [0.2, 0.25) is 5.91 Å². The van der Waals surface area contributed by atoms with Crippen molar-refractivity contribution in [2.45, 2.75) is 46.0 Å². The van der Waals surface area contributed by atoms with Gasteiger partial charge in [-0.25, -0.2) is 0 Å². The van der Waals surface area contributed by atoms with E-state index in [2.05, 4.69) is 24.1 Å². The molecular weight excluding hydrogens is 260 g/mol. The van der Waals surface area contributed by atoms with Crippen molar-refractivity contribution in [1.82, 2.24) is 0 Å². The Morgan fingerprint density at radius 2 is 2.10 bits per heavy atom. The molecule has 0 aromatic heterocycles. The normalized spacial score (nSPS) is 16.1. The average Bonchev–Trinajstić information content (AvgIpc) is 2.96. The van der Waals surface area contributed by atoms with Crippen LogP contribution in [-0.4, -0.2) is 12.5 Å². The zero-order chi connectivity index (χ0) is 15.3. The highest BCUT2D eigenvalue weighted by atomic mass is 16.2. The molecule has 2 rings (SSSR count). The monoisotopic (exact) mass is 284 g/mol. The molecular formula is C18H24N2O. The summed E-state index contributed by atoms with van der Waals surface area (Å²) >= 11 is 0. The lowest BCUT2D eigenvalue weighted by atomic mass is 9.82. The van der Waals surface area contributed by atoms with Gasteiger partial charge >= 0.3 is 0 Å². The Balaban J connectivity index is 2.13. The minimum Gasteiger partial charge on any atom is -0.326 e. The molecule has 3 N–H and O–H groups in total. The zero-order valence-electron chi connectivity index (χ0n) is 13.0. The molecule has 1 amide bonds. The molecule has 0 aliphatic heterocycles. The van der Waals surface area contributed by atoms with E-state index in [0.717, 1.165) is 48.9 Å². The second kappa shape index (κ2) is 6.78. The molecule has 1 aromatic carbocycles. The molecule has 0 unspecified atom stereocenters. The van der Waals surface area contributed by atoms with Gasteiger partial charge in [-0.1, -0.05) is 31.6 Å². The summed E-state index contributed by atoms with van der Waals surface area (Å²) in [6.45, 7) is 4.47. The predicted molar refractivity (Wildman–Crippen MR) is 86.9 cm³/mol. The zero-order valence-corrected chi connectivity index (χ0v) is 13.0. The molecule has 112 valence electrons. The Kier molecular flexibility index (Phi) is 5.03. The fourth-order valence-electron chi connectivity index (χ4n) is 3.08. The largest absolute Gasteiger partial charge is 0.326 e. The van der Waals surface area contributed by atoms with E-state index < -0.39 is 0 Å². The molecule has 3 nitrogen and oxygen atoms in total. The van der Waals surface area contributed by atoms with Crippen LogP contribution < -0.4 is 11.1 Å². The number of aryl methyl sites for hydroxylation is 1. The van der Waals surface area contributed by atoms with E-state index in [-0.39, 0.29) is 11.3 Å². The summed E-state index contributed by atoms with van der Waals surface area (Å²) in [5.74, 6) is 6.06. The van der Waals surface area contributed by atoms with E-state index in [1.165, 1.54) is 0 Å². The van der Waals surface area contributed by atoms with Crippen molar-refractivity contribution in [3.05, 3.63) is 29.3 Å². The van der Waals surface area contributed by atoms with Gasteiger partial charge in [0.1, 0.15) is 0 Å². The number of rotatable bonds is 3. The Morgan fingerprint density at radius 1 is 1.38 bits per heavy atom. The van der Waals surface area contributed by atoms with Crippen LogP contribution in [0.15, 0.2) is 18.2 Å². The van der Waals surface area contributed by atoms with Crippen LogP contribution in [0.25, 0.3) is 0 Å².